The van der Waals surface area contributed by atoms with Gasteiger partial charge in [0.25, 0.3) is 0 Å². The highest BCUT2D eigenvalue weighted by Gasteiger charge is 2.54. The van der Waals surface area contributed by atoms with E-state index in [-0.39, 0.29) is 0 Å². The highest BCUT2D eigenvalue weighted by atomic mass is 32.1. The highest BCUT2D eigenvalue weighted by molar-refractivity contribution is 7.81. The smallest absolute Gasteiger partial charge is 0.398 e. The van der Waals surface area contributed by atoms with E-state index >= 15 is 0 Å². The van der Waals surface area contributed by atoms with Crippen molar-refractivity contribution in [1.29, 1.82) is 0 Å². The van der Waals surface area contributed by atoms with Crippen molar-refractivity contribution in [2.75, 3.05) is 13.2 Å². The molecule has 2 aliphatic heterocycles. The van der Waals surface area contributed by atoms with Crippen molar-refractivity contribution in [1.82, 2.24) is 9.78 Å². The molecule has 1 saturated carbocycles. The van der Waals surface area contributed by atoms with Crippen LogP contribution in [0.1, 0.15) is 57.7 Å². The molecule has 4 rings (SSSR count). The number of aromatic nitrogens is 2. The van der Waals surface area contributed by atoms with Gasteiger partial charge in [0.05, 0.1) is 30.6 Å². The summed E-state index contributed by atoms with van der Waals surface area (Å²) in [5, 5.41) is 4.85. The average Bonchev–Trinajstić information content (AvgIpc) is 2.75. The summed E-state index contributed by atoms with van der Waals surface area (Å²) in [4.78, 5) is -0.621. The molecule has 0 spiro atoms. The third-order valence-electron chi connectivity index (χ3n) is 5.37. The molecule has 1 aromatic heterocycles. The Morgan fingerprint density at radius 2 is 2.00 bits per heavy atom. The molecule has 120 valence electrons. The lowest BCUT2D eigenvalue weighted by molar-refractivity contribution is 0.00657. The fraction of sp³-hybridized carbons (Fsp3) is 0.800. The molecule has 1 unspecified atom stereocenters. The van der Waals surface area contributed by atoms with Crippen LogP contribution < -0.4 is 5.46 Å². The summed E-state index contributed by atoms with van der Waals surface area (Å²) in [7, 11) is -0.401. The summed E-state index contributed by atoms with van der Waals surface area (Å²) < 4.78 is 19.7. The standard InChI is InChI=1S/C15H23BN2O3S/c1-14(2)15(3,22)21-16(20-14)12-7-18(11-5-4-6-11)17-13(12)10-8-19-9-10/h7,10-11,22H,4-6,8-9H2,1-3H3. The molecule has 3 heterocycles. The Hall–Kier alpha value is -0.495. The van der Waals surface area contributed by atoms with E-state index < -0.39 is 17.7 Å². The quantitative estimate of drug-likeness (QED) is 0.682. The predicted molar refractivity (Wildman–Crippen MR) is 87.7 cm³/mol. The first-order valence-corrected chi connectivity index (χ1v) is 8.57. The van der Waals surface area contributed by atoms with Crippen molar-refractivity contribution >= 4 is 25.2 Å². The van der Waals surface area contributed by atoms with Crippen LogP contribution in [0.25, 0.3) is 0 Å². The first-order valence-electron chi connectivity index (χ1n) is 8.12. The number of thiol groups is 1. The van der Waals surface area contributed by atoms with Gasteiger partial charge in [-0.05, 0) is 40.0 Å². The maximum atomic E-state index is 6.16. The molecule has 0 aromatic carbocycles. The molecule has 22 heavy (non-hydrogen) atoms. The van der Waals surface area contributed by atoms with Gasteiger partial charge in [0.2, 0.25) is 0 Å². The third kappa shape index (κ3) is 2.25. The predicted octanol–water partition coefficient (Wildman–Crippen LogP) is 1.89. The Morgan fingerprint density at radius 3 is 2.45 bits per heavy atom. The molecule has 0 radical (unpaired) electrons. The fourth-order valence-corrected chi connectivity index (χ4v) is 3.18. The van der Waals surface area contributed by atoms with Crippen LogP contribution in [0.3, 0.4) is 0 Å². The van der Waals surface area contributed by atoms with Crippen molar-refractivity contribution in [2.45, 2.75) is 62.5 Å². The molecule has 0 N–H and O–H groups in total. The van der Waals surface area contributed by atoms with E-state index in [0.29, 0.717) is 12.0 Å². The number of hydrogen-bond acceptors (Lipinski definition) is 5. The lowest BCUT2D eigenvalue weighted by Crippen LogP contribution is -2.40. The Kier molecular flexibility index (Phi) is 3.42. The van der Waals surface area contributed by atoms with E-state index in [1.807, 2.05) is 20.8 Å². The zero-order valence-corrected chi connectivity index (χ0v) is 14.3. The molecule has 7 heteroatoms. The minimum atomic E-state index is -0.621. The van der Waals surface area contributed by atoms with Gasteiger partial charge < -0.3 is 14.0 Å². The topological polar surface area (TPSA) is 45.5 Å². The maximum absolute atomic E-state index is 6.16. The van der Waals surface area contributed by atoms with Crippen molar-refractivity contribution in [3.05, 3.63) is 11.9 Å². The average molecular weight is 322 g/mol. The van der Waals surface area contributed by atoms with Crippen molar-refractivity contribution in [2.24, 2.45) is 0 Å². The van der Waals surface area contributed by atoms with E-state index in [4.69, 9.17) is 19.1 Å². The van der Waals surface area contributed by atoms with Gasteiger partial charge in [-0.2, -0.15) is 5.10 Å². The van der Waals surface area contributed by atoms with Crippen LogP contribution in [0.5, 0.6) is 0 Å². The first kappa shape index (κ1) is 15.1. The van der Waals surface area contributed by atoms with Gasteiger partial charge in [-0.1, -0.05) is 0 Å². The number of hydrogen-bond donors (Lipinski definition) is 1. The van der Waals surface area contributed by atoms with Gasteiger partial charge in [-0.25, -0.2) is 0 Å². The van der Waals surface area contributed by atoms with Gasteiger partial charge in [0, 0.05) is 17.6 Å². The second-order valence-corrected chi connectivity index (χ2v) is 8.18. The van der Waals surface area contributed by atoms with E-state index in [1.165, 1.54) is 19.3 Å². The number of ether oxygens (including phenoxy) is 1. The van der Waals surface area contributed by atoms with Crippen molar-refractivity contribution < 1.29 is 14.0 Å². The van der Waals surface area contributed by atoms with Crippen LogP contribution in [0.2, 0.25) is 0 Å². The van der Waals surface area contributed by atoms with Crippen LogP contribution in [-0.4, -0.2) is 40.6 Å². The molecule has 1 aliphatic carbocycles. The molecular formula is C15H23BN2O3S. The SMILES string of the molecule is CC1(C)OB(c2cn(C3CCC3)nc2C2COC2)OC1(C)S. The second-order valence-electron chi connectivity index (χ2n) is 7.33. The van der Waals surface area contributed by atoms with E-state index in [2.05, 4.69) is 23.5 Å². The summed E-state index contributed by atoms with van der Waals surface area (Å²) in [6, 6.07) is 0.533. The molecule has 0 bridgehead atoms. The monoisotopic (exact) mass is 322 g/mol. The number of nitrogens with zero attached hydrogens (tertiary/aromatic N) is 2. The molecule has 2 saturated heterocycles. The largest absolute Gasteiger partial charge is 0.499 e. The van der Waals surface area contributed by atoms with Crippen LogP contribution >= 0.6 is 12.6 Å². The minimum Gasteiger partial charge on any atom is -0.398 e. The summed E-state index contributed by atoms with van der Waals surface area (Å²) in [6.07, 6.45) is 5.83. The molecule has 3 fully saturated rings. The van der Waals surface area contributed by atoms with Crippen molar-refractivity contribution in [3.63, 3.8) is 0 Å². The third-order valence-corrected chi connectivity index (χ3v) is 6.02. The Morgan fingerprint density at radius 1 is 1.27 bits per heavy atom. The summed E-state index contributed by atoms with van der Waals surface area (Å²) >= 11 is 4.64. The van der Waals surface area contributed by atoms with E-state index in [1.54, 1.807) is 0 Å². The van der Waals surface area contributed by atoms with Gasteiger partial charge in [0.15, 0.2) is 0 Å². The lowest BCUT2D eigenvalue weighted by atomic mass is 9.76. The zero-order valence-electron chi connectivity index (χ0n) is 13.4. The Labute approximate surface area is 137 Å². The van der Waals surface area contributed by atoms with Gasteiger partial charge >= 0.3 is 7.12 Å². The minimum absolute atomic E-state index is 0.360. The molecule has 5 nitrogen and oxygen atoms in total. The van der Waals surface area contributed by atoms with E-state index in [0.717, 1.165) is 24.4 Å². The fourth-order valence-electron chi connectivity index (χ4n) is 3.03. The van der Waals surface area contributed by atoms with E-state index in [9.17, 15) is 0 Å². The summed E-state index contributed by atoms with van der Waals surface area (Å²) in [5.74, 6) is 0.360. The van der Waals surface area contributed by atoms with Crippen molar-refractivity contribution in [3.8, 4) is 0 Å². The first-order chi connectivity index (χ1) is 10.4. The van der Waals surface area contributed by atoms with Gasteiger partial charge in [-0.15, -0.1) is 12.6 Å². The normalized spacial score (nSPS) is 32.1. The molecular weight excluding hydrogens is 299 g/mol. The van der Waals surface area contributed by atoms with Gasteiger partial charge in [-0.3, -0.25) is 4.68 Å². The Balaban J connectivity index is 1.66. The highest BCUT2D eigenvalue weighted by Crippen LogP contribution is 2.40. The second kappa shape index (κ2) is 5.00. The van der Waals surface area contributed by atoms with Crippen LogP contribution in [-0.2, 0) is 14.0 Å². The molecule has 3 aliphatic rings. The maximum Gasteiger partial charge on any atom is 0.499 e. The Bertz CT molecular complexity index is 565. The molecule has 1 aromatic rings. The van der Waals surface area contributed by atoms with Gasteiger partial charge in [0.1, 0.15) is 4.93 Å². The number of rotatable bonds is 3. The summed E-state index contributed by atoms with van der Waals surface area (Å²) in [5.41, 5.74) is 1.67. The van der Waals surface area contributed by atoms with Crippen LogP contribution in [0.4, 0.5) is 0 Å². The lowest BCUT2D eigenvalue weighted by Gasteiger charge is -2.31. The molecule has 0 amide bonds. The van der Waals surface area contributed by atoms with Crippen LogP contribution in [0, 0.1) is 0 Å². The van der Waals surface area contributed by atoms with Crippen LogP contribution in [0.15, 0.2) is 6.20 Å². The zero-order chi connectivity index (χ0) is 15.5. The molecule has 1 atom stereocenters. The summed E-state index contributed by atoms with van der Waals surface area (Å²) in [6.45, 7) is 7.47.